The van der Waals surface area contributed by atoms with Crippen LogP contribution in [0.1, 0.15) is 115 Å². The van der Waals surface area contributed by atoms with Gasteiger partial charge in [0, 0.05) is 11.6 Å². The topological polar surface area (TPSA) is 58.6 Å². The SMILES string of the molecule is CCCCCCCCCCCCCCCc1cccc(OC(CC)C(=O)Nc2cc(F)c(C)c(F)c2O)c1. The Bertz CT molecular complexity index is 979. The van der Waals surface area contributed by atoms with Crippen LogP contribution in [-0.4, -0.2) is 17.1 Å². The van der Waals surface area contributed by atoms with E-state index in [0.717, 1.165) is 24.5 Å². The first-order chi connectivity index (χ1) is 18.4. The number of benzene rings is 2. The number of rotatable bonds is 19. The second-order valence-corrected chi connectivity index (χ2v) is 10.3. The number of carbonyl (C=O) groups is 1. The first kappa shape index (κ1) is 31.6. The highest BCUT2D eigenvalue weighted by atomic mass is 19.1. The van der Waals surface area contributed by atoms with Gasteiger partial charge in [-0.3, -0.25) is 4.79 Å². The predicted octanol–water partition coefficient (Wildman–Crippen LogP) is 9.41. The molecule has 1 atom stereocenters. The van der Waals surface area contributed by atoms with E-state index in [9.17, 15) is 18.7 Å². The lowest BCUT2D eigenvalue weighted by atomic mass is 10.0. The number of amides is 1. The van der Waals surface area contributed by atoms with Crippen molar-refractivity contribution in [3.63, 3.8) is 0 Å². The van der Waals surface area contributed by atoms with Crippen molar-refractivity contribution in [2.24, 2.45) is 0 Å². The van der Waals surface area contributed by atoms with E-state index in [2.05, 4.69) is 18.3 Å². The molecule has 0 aromatic heterocycles. The Morgan fingerprint density at radius 1 is 0.895 bits per heavy atom. The third-order valence-electron chi connectivity index (χ3n) is 7.09. The quantitative estimate of drug-likeness (QED) is 0.140. The highest BCUT2D eigenvalue weighted by molar-refractivity contribution is 5.95. The van der Waals surface area contributed by atoms with Crippen LogP contribution in [0.3, 0.4) is 0 Å². The van der Waals surface area contributed by atoms with Gasteiger partial charge in [-0.05, 0) is 43.9 Å². The standard InChI is InChI=1S/C32H47F2NO3/c1-4-6-7-8-9-10-11-12-13-14-15-16-17-19-25-20-18-21-26(22-25)38-29(5-2)32(37)35-28-23-27(33)24(3)30(34)31(28)36/h18,20-23,29,36H,4-17,19H2,1-3H3,(H,35,37). The Labute approximate surface area is 228 Å². The van der Waals surface area contributed by atoms with Gasteiger partial charge in [-0.25, -0.2) is 8.78 Å². The van der Waals surface area contributed by atoms with Crippen molar-refractivity contribution < 1.29 is 23.4 Å². The number of unbranched alkanes of at least 4 members (excludes halogenated alkanes) is 12. The zero-order valence-corrected chi connectivity index (χ0v) is 23.6. The maximum absolute atomic E-state index is 14.0. The Morgan fingerprint density at radius 3 is 2.05 bits per heavy atom. The number of carbonyl (C=O) groups excluding carboxylic acids is 1. The van der Waals surface area contributed by atoms with Crippen LogP contribution in [0.2, 0.25) is 0 Å². The van der Waals surface area contributed by atoms with E-state index < -0.39 is 29.4 Å². The van der Waals surface area contributed by atoms with Gasteiger partial charge in [-0.2, -0.15) is 0 Å². The summed E-state index contributed by atoms with van der Waals surface area (Å²) in [6.07, 6.45) is 17.6. The Morgan fingerprint density at radius 2 is 1.47 bits per heavy atom. The minimum absolute atomic E-state index is 0.302. The van der Waals surface area contributed by atoms with Gasteiger partial charge in [-0.15, -0.1) is 0 Å². The summed E-state index contributed by atoms with van der Waals surface area (Å²) in [5, 5.41) is 12.3. The van der Waals surface area contributed by atoms with Crippen molar-refractivity contribution in [3.8, 4) is 11.5 Å². The number of aryl methyl sites for hydroxylation is 1. The molecule has 0 radical (unpaired) electrons. The first-order valence-corrected chi connectivity index (χ1v) is 14.6. The molecule has 0 bridgehead atoms. The van der Waals surface area contributed by atoms with Gasteiger partial charge in [0.1, 0.15) is 11.6 Å². The molecule has 2 N–H and O–H groups in total. The lowest BCUT2D eigenvalue weighted by molar-refractivity contribution is -0.122. The molecule has 0 spiro atoms. The fraction of sp³-hybridized carbons (Fsp3) is 0.594. The third kappa shape index (κ3) is 11.0. The van der Waals surface area contributed by atoms with Crippen molar-refractivity contribution in [1.82, 2.24) is 0 Å². The maximum atomic E-state index is 14.0. The number of ether oxygens (including phenoxy) is 1. The average Bonchev–Trinajstić information content (AvgIpc) is 2.91. The Kier molecular flexibility index (Phi) is 14.8. The Balaban J connectivity index is 1.70. The molecule has 0 saturated carbocycles. The van der Waals surface area contributed by atoms with E-state index in [1.54, 1.807) is 13.0 Å². The van der Waals surface area contributed by atoms with Crippen molar-refractivity contribution in [2.75, 3.05) is 5.32 Å². The second kappa shape index (κ2) is 17.8. The molecule has 2 aromatic rings. The monoisotopic (exact) mass is 531 g/mol. The van der Waals surface area contributed by atoms with Crippen molar-refractivity contribution in [2.45, 2.75) is 123 Å². The summed E-state index contributed by atoms with van der Waals surface area (Å²) in [5.41, 5.74) is 0.541. The molecule has 2 rings (SSSR count). The summed E-state index contributed by atoms with van der Waals surface area (Å²) in [5.74, 6) is -2.72. The summed E-state index contributed by atoms with van der Waals surface area (Å²) in [6.45, 7) is 5.27. The zero-order valence-electron chi connectivity index (χ0n) is 23.6. The van der Waals surface area contributed by atoms with Gasteiger partial charge in [0.2, 0.25) is 0 Å². The lowest BCUT2D eigenvalue weighted by Crippen LogP contribution is -2.32. The summed E-state index contributed by atoms with van der Waals surface area (Å²) < 4.78 is 33.8. The van der Waals surface area contributed by atoms with Crippen LogP contribution in [0.4, 0.5) is 14.5 Å². The fourth-order valence-electron chi connectivity index (χ4n) is 4.62. The van der Waals surface area contributed by atoms with Crippen molar-refractivity contribution in [1.29, 1.82) is 0 Å². The highest BCUT2D eigenvalue weighted by Crippen LogP contribution is 2.31. The summed E-state index contributed by atoms with van der Waals surface area (Å²) in [6, 6.07) is 8.62. The van der Waals surface area contributed by atoms with E-state index in [1.807, 2.05) is 12.1 Å². The average molecular weight is 532 g/mol. The molecule has 0 fully saturated rings. The molecule has 0 aliphatic heterocycles. The molecule has 38 heavy (non-hydrogen) atoms. The van der Waals surface area contributed by atoms with E-state index in [1.165, 1.54) is 84.0 Å². The van der Waals surface area contributed by atoms with E-state index in [-0.39, 0.29) is 11.3 Å². The maximum Gasteiger partial charge on any atom is 0.265 e. The van der Waals surface area contributed by atoms with Gasteiger partial charge >= 0.3 is 0 Å². The largest absolute Gasteiger partial charge is 0.503 e. The fourth-order valence-corrected chi connectivity index (χ4v) is 4.62. The molecule has 212 valence electrons. The number of halogens is 2. The van der Waals surface area contributed by atoms with Crippen LogP contribution < -0.4 is 10.1 Å². The highest BCUT2D eigenvalue weighted by Gasteiger charge is 2.22. The van der Waals surface area contributed by atoms with E-state index >= 15 is 0 Å². The van der Waals surface area contributed by atoms with Gasteiger partial charge in [0.05, 0.1) is 5.69 Å². The number of hydrogen-bond donors (Lipinski definition) is 2. The molecule has 1 amide bonds. The predicted molar refractivity (Wildman–Crippen MR) is 152 cm³/mol. The van der Waals surface area contributed by atoms with Crippen LogP contribution in [-0.2, 0) is 11.2 Å². The minimum Gasteiger partial charge on any atom is -0.503 e. The number of hydrogen-bond acceptors (Lipinski definition) is 3. The summed E-state index contributed by atoms with van der Waals surface area (Å²) in [7, 11) is 0. The number of phenolic OH excluding ortho intramolecular Hbond substituents is 1. The second-order valence-electron chi connectivity index (χ2n) is 10.3. The van der Waals surface area contributed by atoms with Gasteiger partial charge < -0.3 is 15.2 Å². The van der Waals surface area contributed by atoms with Crippen LogP contribution in [0, 0.1) is 18.6 Å². The molecule has 0 saturated heterocycles. The minimum atomic E-state index is -1.09. The van der Waals surface area contributed by atoms with E-state index in [4.69, 9.17) is 4.74 Å². The normalized spacial score (nSPS) is 11.9. The molecular formula is C32H47F2NO3. The van der Waals surface area contributed by atoms with Crippen LogP contribution >= 0.6 is 0 Å². The molecule has 0 heterocycles. The van der Waals surface area contributed by atoms with Crippen LogP contribution in [0.25, 0.3) is 0 Å². The van der Waals surface area contributed by atoms with Crippen LogP contribution in [0.5, 0.6) is 11.5 Å². The van der Waals surface area contributed by atoms with Gasteiger partial charge in [0.15, 0.2) is 17.7 Å². The van der Waals surface area contributed by atoms with Crippen molar-refractivity contribution in [3.05, 3.63) is 53.1 Å². The molecule has 0 aliphatic carbocycles. The molecule has 2 aromatic carbocycles. The molecular weight excluding hydrogens is 484 g/mol. The molecule has 4 nitrogen and oxygen atoms in total. The van der Waals surface area contributed by atoms with Crippen LogP contribution in [0.15, 0.2) is 30.3 Å². The third-order valence-corrected chi connectivity index (χ3v) is 7.09. The zero-order chi connectivity index (χ0) is 27.8. The smallest absolute Gasteiger partial charge is 0.265 e. The number of anilines is 1. The number of phenols is 1. The van der Waals surface area contributed by atoms with Gasteiger partial charge in [-0.1, -0.05) is 103 Å². The summed E-state index contributed by atoms with van der Waals surface area (Å²) in [4.78, 5) is 12.7. The molecule has 1 unspecified atom stereocenters. The molecule has 6 heteroatoms. The summed E-state index contributed by atoms with van der Waals surface area (Å²) >= 11 is 0. The molecule has 0 aliphatic rings. The Hall–Kier alpha value is -2.63. The van der Waals surface area contributed by atoms with Gasteiger partial charge in [0.25, 0.3) is 5.91 Å². The number of aromatic hydroxyl groups is 1. The van der Waals surface area contributed by atoms with E-state index in [0.29, 0.717) is 12.2 Å². The first-order valence-electron chi connectivity index (χ1n) is 14.6. The lowest BCUT2D eigenvalue weighted by Gasteiger charge is -2.18. The number of nitrogens with one attached hydrogen (secondary N) is 1. The van der Waals surface area contributed by atoms with Crippen molar-refractivity contribution >= 4 is 11.6 Å².